The third kappa shape index (κ3) is 2.95. The fraction of sp³-hybridized carbons (Fsp3) is 0.200. The van der Waals surface area contributed by atoms with Gasteiger partial charge in [-0.1, -0.05) is 0 Å². The third-order valence-electron chi connectivity index (χ3n) is 3.18. The molecule has 1 aromatic carbocycles. The number of aromatic nitrogens is 3. The van der Waals surface area contributed by atoms with Crippen molar-refractivity contribution in [2.75, 3.05) is 5.32 Å². The van der Waals surface area contributed by atoms with Gasteiger partial charge in [-0.2, -0.15) is 5.10 Å². The molecule has 0 radical (unpaired) electrons. The molecule has 0 spiro atoms. The molecule has 21 heavy (non-hydrogen) atoms. The predicted octanol–water partition coefficient (Wildman–Crippen LogP) is 3.95. The van der Waals surface area contributed by atoms with E-state index in [4.69, 9.17) is 0 Å². The number of anilines is 1. The molecule has 1 atom stereocenters. The van der Waals surface area contributed by atoms with Gasteiger partial charge in [0.25, 0.3) is 0 Å². The summed E-state index contributed by atoms with van der Waals surface area (Å²) in [6.07, 6.45) is 2.86. The first kappa shape index (κ1) is 13.8. The van der Waals surface area contributed by atoms with Crippen LogP contribution >= 0.6 is 11.3 Å². The molecule has 0 fully saturated rings. The lowest BCUT2D eigenvalue weighted by Gasteiger charge is -2.14. The molecule has 4 nitrogen and oxygen atoms in total. The van der Waals surface area contributed by atoms with Crippen molar-refractivity contribution >= 4 is 17.0 Å². The molecule has 0 bridgehead atoms. The molecule has 108 valence electrons. The van der Waals surface area contributed by atoms with Crippen LogP contribution in [0.25, 0.3) is 5.69 Å². The number of hydrogen-bond donors (Lipinski definition) is 1. The van der Waals surface area contributed by atoms with Gasteiger partial charge < -0.3 is 5.32 Å². The Labute approximate surface area is 126 Å². The minimum atomic E-state index is -0.333. The molecule has 0 aliphatic rings. The third-order valence-corrected chi connectivity index (χ3v) is 4.37. The maximum Gasteiger partial charge on any atom is 0.150 e. The molecule has 3 aromatic rings. The van der Waals surface area contributed by atoms with Crippen LogP contribution in [0.15, 0.2) is 43.0 Å². The smallest absolute Gasteiger partial charge is 0.150 e. The van der Waals surface area contributed by atoms with Gasteiger partial charge in [0.1, 0.15) is 18.3 Å². The lowest BCUT2D eigenvalue weighted by Crippen LogP contribution is -2.06. The molecule has 0 aliphatic carbocycles. The second kappa shape index (κ2) is 5.65. The van der Waals surface area contributed by atoms with E-state index in [1.165, 1.54) is 33.2 Å². The van der Waals surface area contributed by atoms with Crippen molar-refractivity contribution in [3.63, 3.8) is 0 Å². The molecule has 3 rings (SSSR count). The minimum absolute atomic E-state index is 0.139. The Morgan fingerprint density at radius 2 is 2.14 bits per heavy atom. The number of halogens is 1. The van der Waals surface area contributed by atoms with Crippen LogP contribution in [-0.4, -0.2) is 14.8 Å². The van der Waals surface area contributed by atoms with Crippen molar-refractivity contribution in [2.45, 2.75) is 19.9 Å². The topological polar surface area (TPSA) is 42.7 Å². The molecule has 0 aliphatic heterocycles. The van der Waals surface area contributed by atoms with Crippen molar-refractivity contribution in [3.05, 3.63) is 58.6 Å². The Balaban J connectivity index is 1.79. The van der Waals surface area contributed by atoms with Crippen LogP contribution in [0.5, 0.6) is 0 Å². The van der Waals surface area contributed by atoms with Crippen LogP contribution in [0, 0.1) is 12.7 Å². The van der Waals surface area contributed by atoms with Crippen LogP contribution in [0.1, 0.15) is 22.7 Å². The first-order valence-electron chi connectivity index (χ1n) is 6.61. The highest BCUT2D eigenvalue weighted by molar-refractivity contribution is 7.12. The highest BCUT2D eigenvalue weighted by Gasteiger charge is 2.10. The molecular weight excluding hydrogens is 287 g/mol. The molecule has 6 heteroatoms. The normalized spacial score (nSPS) is 12.3. The van der Waals surface area contributed by atoms with Gasteiger partial charge in [0.2, 0.25) is 0 Å². The molecule has 1 N–H and O–H groups in total. The average molecular weight is 302 g/mol. The fourth-order valence-electron chi connectivity index (χ4n) is 2.12. The van der Waals surface area contributed by atoms with Gasteiger partial charge in [-0.3, -0.25) is 0 Å². The summed E-state index contributed by atoms with van der Waals surface area (Å²) in [6, 6.07) is 9.34. The summed E-state index contributed by atoms with van der Waals surface area (Å²) in [5.41, 5.74) is 1.13. The zero-order valence-corrected chi connectivity index (χ0v) is 12.6. The van der Waals surface area contributed by atoms with E-state index >= 15 is 0 Å². The van der Waals surface area contributed by atoms with E-state index in [-0.39, 0.29) is 11.9 Å². The zero-order chi connectivity index (χ0) is 14.8. The van der Waals surface area contributed by atoms with Crippen molar-refractivity contribution in [3.8, 4) is 5.69 Å². The number of aryl methyl sites for hydroxylation is 1. The summed E-state index contributed by atoms with van der Waals surface area (Å²) in [5, 5.41) is 7.25. The highest BCUT2D eigenvalue weighted by Crippen LogP contribution is 2.26. The Morgan fingerprint density at radius 1 is 1.29 bits per heavy atom. The van der Waals surface area contributed by atoms with E-state index in [9.17, 15) is 4.39 Å². The number of nitrogens with zero attached hydrogens (tertiary/aromatic N) is 3. The van der Waals surface area contributed by atoms with Crippen LogP contribution in [0.4, 0.5) is 10.1 Å². The summed E-state index contributed by atoms with van der Waals surface area (Å²) >= 11 is 1.74. The number of hydrogen-bond acceptors (Lipinski definition) is 4. The van der Waals surface area contributed by atoms with Gasteiger partial charge in [0, 0.05) is 15.4 Å². The summed E-state index contributed by atoms with van der Waals surface area (Å²) in [5.74, 6) is -0.333. The number of rotatable bonds is 4. The molecule has 2 aromatic heterocycles. The SMILES string of the molecule is Cc1ccc(C(C)Nc2ccc(-n3cncn3)c(F)c2)s1. The van der Waals surface area contributed by atoms with Crippen LogP contribution in [-0.2, 0) is 0 Å². The van der Waals surface area contributed by atoms with Crippen molar-refractivity contribution < 1.29 is 4.39 Å². The van der Waals surface area contributed by atoms with Gasteiger partial charge in [0.15, 0.2) is 5.82 Å². The zero-order valence-electron chi connectivity index (χ0n) is 11.7. The molecule has 1 unspecified atom stereocenters. The van der Waals surface area contributed by atoms with Crippen molar-refractivity contribution in [1.29, 1.82) is 0 Å². The van der Waals surface area contributed by atoms with Gasteiger partial charge in [-0.25, -0.2) is 14.1 Å². The fourth-order valence-corrected chi connectivity index (χ4v) is 3.00. The van der Waals surface area contributed by atoms with Gasteiger partial charge in [0.05, 0.1) is 6.04 Å². The molecule has 0 saturated carbocycles. The summed E-state index contributed by atoms with van der Waals surface area (Å²) < 4.78 is 15.6. The molecule has 2 heterocycles. The summed E-state index contributed by atoms with van der Waals surface area (Å²) in [6.45, 7) is 4.14. The Hall–Kier alpha value is -2.21. The lowest BCUT2D eigenvalue weighted by molar-refractivity contribution is 0.611. The van der Waals surface area contributed by atoms with E-state index in [0.29, 0.717) is 5.69 Å². The molecule has 0 saturated heterocycles. The summed E-state index contributed by atoms with van der Waals surface area (Å²) in [4.78, 5) is 6.32. The largest absolute Gasteiger partial charge is 0.378 e. The Kier molecular flexibility index (Phi) is 3.70. The van der Waals surface area contributed by atoms with E-state index < -0.39 is 0 Å². The lowest BCUT2D eigenvalue weighted by atomic mass is 10.2. The Morgan fingerprint density at radius 3 is 2.76 bits per heavy atom. The van der Waals surface area contributed by atoms with E-state index in [1.807, 2.05) is 6.07 Å². The predicted molar refractivity (Wildman–Crippen MR) is 82.4 cm³/mol. The monoisotopic (exact) mass is 302 g/mol. The molecule has 0 amide bonds. The number of thiophene rings is 1. The molecular formula is C15H15FN4S. The van der Waals surface area contributed by atoms with Crippen LogP contribution in [0.2, 0.25) is 0 Å². The van der Waals surface area contributed by atoms with Gasteiger partial charge in [-0.05, 0) is 44.2 Å². The van der Waals surface area contributed by atoms with Crippen LogP contribution < -0.4 is 5.32 Å². The maximum absolute atomic E-state index is 14.1. The van der Waals surface area contributed by atoms with Crippen LogP contribution in [0.3, 0.4) is 0 Å². The van der Waals surface area contributed by atoms with E-state index in [2.05, 4.69) is 41.4 Å². The van der Waals surface area contributed by atoms with Crippen molar-refractivity contribution in [2.24, 2.45) is 0 Å². The number of benzene rings is 1. The minimum Gasteiger partial charge on any atom is -0.378 e. The highest BCUT2D eigenvalue weighted by atomic mass is 32.1. The average Bonchev–Trinajstić information content (AvgIpc) is 3.10. The first-order chi connectivity index (χ1) is 10.1. The van der Waals surface area contributed by atoms with Gasteiger partial charge >= 0.3 is 0 Å². The Bertz CT molecular complexity index is 736. The quantitative estimate of drug-likeness (QED) is 0.793. The van der Waals surface area contributed by atoms with Gasteiger partial charge in [-0.15, -0.1) is 11.3 Å². The second-order valence-corrected chi connectivity index (χ2v) is 6.14. The second-order valence-electron chi connectivity index (χ2n) is 4.82. The number of nitrogens with one attached hydrogen (secondary N) is 1. The summed E-state index contributed by atoms with van der Waals surface area (Å²) in [7, 11) is 0. The van der Waals surface area contributed by atoms with E-state index in [0.717, 1.165) is 5.69 Å². The maximum atomic E-state index is 14.1. The van der Waals surface area contributed by atoms with Crippen molar-refractivity contribution in [1.82, 2.24) is 14.8 Å². The van der Waals surface area contributed by atoms with E-state index in [1.54, 1.807) is 17.4 Å². The first-order valence-corrected chi connectivity index (χ1v) is 7.42. The standard InChI is InChI=1S/C15H15FN4S/c1-10-3-6-15(21-10)11(2)19-12-4-5-14(13(16)7-12)20-9-17-8-18-20/h3-9,11,19H,1-2H3.